The number of halogens is 1. The zero-order valence-electron chi connectivity index (χ0n) is 4.00. The third-order valence-corrected chi connectivity index (χ3v) is 0.521. The molecule has 0 radical (unpaired) electrons. The quantitative estimate of drug-likeness (QED) is 0.500. The van der Waals surface area contributed by atoms with Crippen LogP contribution in [0.25, 0.3) is 0 Å². The monoisotopic (exact) mass is 91.1 g/mol. The summed E-state index contributed by atoms with van der Waals surface area (Å²) >= 11 is 0. The van der Waals surface area contributed by atoms with Gasteiger partial charge in [-0.3, -0.25) is 0 Å². The SMILES string of the molecule is CCNCCF. The van der Waals surface area contributed by atoms with Crippen molar-refractivity contribution in [2.45, 2.75) is 6.92 Å². The van der Waals surface area contributed by atoms with Crippen molar-refractivity contribution in [1.29, 1.82) is 0 Å². The van der Waals surface area contributed by atoms with E-state index in [4.69, 9.17) is 0 Å². The molecule has 0 aromatic heterocycles. The van der Waals surface area contributed by atoms with Crippen molar-refractivity contribution in [3.05, 3.63) is 0 Å². The molecule has 0 bridgehead atoms. The molecule has 0 aliphatic rings. The van der Waals surface area contributed by atoms with Crippen LogP contribution < -0.4 is 5.32 Å². The lowest BCUT2D eigenvalue weighted by atomic mass is 10.6. The Kier molecular flexibility index (Phi) is 4.80. The maximum absolute atomic E-state index is 11.1. The van der Waals surface area contributed by atoms with Crippen LogP contribution in [0.1, 0.15) is 6.92 Å². The van der Waals surface area contributed by atoms with E-state index in [0.29, 0.717) is 6.54 Å². The van der Waals surface area contributed by atoms with Crippen molar-refractivity contribution in [3.63, 3.8) is 0 Å². The van der Waals surface area contributed by atoms with E-state index < -0.39 is 0 Å². The number of rotatable bonds is 3. The van der Waals surface area contributed by atoms with E-state index in [9.17, 15) is 4.39 Å². The average molecular weight is 91.1 g/mol. The maximum atomic E-state index is 11.1. The van der Waals surface area contributed by atoms with Crippen molar-refractivity contribution in [2.24, 2.45) is 0 Å². The minimum Gasteiger partial charge on any atom is -0.314 e. The first-order chi connectivity index (χ1) is 2.91. The number of hydrogen-bond donors (Lipinski definition) is 1. The van der Waals surface area contributed by atoms with Gasteiger partial charge in [0.15, 0.2) is 0 Å². The van der Waals surface area contributed by atoms with Crippen molar-refractivity contribution in [1.82, 2.24) is 5.32 Å². The molecule has 0 aromatic carbocycles. The molecule has 0 rings (SSSR count). The van der Waals surface area contributed by atoms with E-state index in [1.54, 1.807) is 0 Å². The minimum atomic E-state index is -0.256. The van der Waals surface area contributed by atoms with Crippen LogP contribution in [0.4, 0.5) is 4.39 Å². The zero-order valence-corrected chi connectivity index (χ0v) is 4.00. The first kappa shape index (κ1) is 5.89. The molecule has 0 unspecified atom stereocenters. The highest BCUT2D eigenvalue weighted by Gasteiger charge is 1.74. The second-order valence-corrected chi connectivity index (χ2v) is 1.04. The van der Waals surface area contributed by atoms with Gasteiger partial charge in [0.25, 0.3) is 0 Å². The van der Waals surface area contributed by atoms with Gasteiger partial charge in [0.1, 0.15) is 6.67 Å². The van der Waals surface area contributed by atoms with Gasteiger partial charge in [0, 0.05) is 6.54 Å². The fourth-order valence-electron chi connectivity index (χ4n) is 0.244. The van der Waals surface area contributed by atoms with Gasteiger partial charge in [-0.2, -0.15) is 0 Å². The highest BCUT2D eigenvalue weighted by Crippen LogP contribution is 1.59. The van der Waals surface area contributed by atoms with Crippen LogP contribution in [0, 0.1) is 0 Å². The average Bonchev–Trinajstić information content (AvgIpc) is 1.61. The van der Waals surface area contributed by atoms with Crippen LogP contribution in [0.2, 0.25) is 0 Å². The van der Waals surface area contributed by atoms with Crippen LogP contribution in [-0.2, 0) is 0 Å². The summed E-state index contributed by atoms with van der Waals surface area (Å²) in [5, 5.41) is 2.82. The van der Waals surface area contributed by atoms with Crippen molar-refractivity contribution in [3.8, 4) is 0 Å². The first-order valence-electron chi connectivity index (χ1n) is 2.18. The third-order valence-electron chi connectivity index (χ3n) is 0.521. The van der Waals surface area contributed by atoms with Gasteiger partial charge in [-0.25, -0.2) is 4.39 Å². The normalized spacial score (nSPS) is 9.00. The van der Waals surface area contributed by atoms with Gasteiger partial charge in [-0.1, -0.05) is 6.92 Å². The fourth-order valence-corrected chi connectivity index (χ4v) is 0.244. The lowest BCUT2D eigenvalue weighted by Crippen LogP contribution is -2.14. The van der Waals surface area contributed by atoms with Crippen LogP contribution in [0.15, 0.2) is 0 Å². The predicted molar refractivity (Wildman–Crippen MR) is 24.5 cm³/mol. The maximum Gasteiger partial charge on any atom is 0.102 e. The van der Waals surface area contributed by atoms with E-state index in [2.05, 4.69) is 5.32 Å². The topological polar surface area (TPSA) is 12.0 Å². The Labute approximate surface area is 37.5 Å². The minimum absolute atomic E-state index is 0.256. The molecule has 0 amide bonds. The van der Waals surface area contributed by atoms with Crippen molar-refractivity contribution in [2.75, 3.05) is 19.8 Å². The van der Waals surface area contributed by atoms with Crippen LogP contribution in [-0.4, -0.2) is 19.8 Å². The molecule has 0 aliphatic carbocycles. The van der Waals surface area contributed by atoms with E-state index in [1.165, 1.54) is 0 Å². The molecule has 0 atom stereocenters. The molecule has 0 aromatic rings. The fraction of sp³-hybridized carbons (Fsp3) is 1.00. The second kappa shape index (κ2) is 4.89. The van der Waals surface area contributed by atoms with E-state index in [0.717, 1.165) is 6.54 Å². The Balaban J connectivity index is 2.34. The largest absolute Gasteiger partial charge is 0.314 e. The number of hydrogen-bond acceptors (Lipinski definition) is 1. The molecule has 6 heavy (non-hydrogen) atoms. The van der Waals surface area contributed by atoms with E-state index in [1.807, 2.05) is 6.92 Å². The molecule has 0 aliphatic heterocycles. The van der Waals surface area contributed by atoms with Gasteiger partial charge in [0.2, 0.25) is 0 Å². The molecule has 2 heteroatoms. The van der Waals surface area contributed by atoms with Gasteiger partial charge >= 0.3 is 0 Å². The zero-order chi connectivity index (χ0) is 4.83. The molecule has 1 nitrogen and oxygen atoms in total. The van der Waals surface area contributed by atoms with Gasteiger partial charge in [0.05, 0.1) is 0 Å². The molecular formula is C4H10FN. The molecule has 1 N–H and O–H groups in total. The summed E-state index contributed by atoms with van der Waals surface area (Å²) < 4.78 is 11.1. The van der Waals surface area contributed by atoms with Crippen LogP contribution >= 0.6 is 0 Å². The molecule has 0 heterocycles. The summed E-state index contributed by atoms with van der Waals surface area (Å²) in [6.45, 7) is 3.06. The molecule has 38 valence electrons. The molecule has 0 saturated carbocycles. The molecular weight excluding hydrogens is 81.0 g/mol. The summed E-state index contributed by atoms with van der Waals surface area (Å²) in [5.74, 6) is 0. The van der Waals surface area contributed by atoms with Gasteiger partial charge in [-0.05, 0) is 6.54 Å². The Hall–Kier alpha value is -0.110. The highest BCUT2D eigenvalue weighted by molar-refractivity contribution is 4.35. The summed E-state index contributed by atoms with van der Waals surface area (Å²) in [7, 11) is 0. The van der Waals surface area contributed by atoms with Crippen LogP contribution in [0.5, 0.6) is 0 Å². The number of nitrogens with one attached hydrogen (secondary N) is 1. The van der Waals surface area contributed by atoms with E-state index in [-0.39, 0.29) is 6.67 Å². The lowest BCUT2D eigenvalue weighted by Gasteiger charge is -1.89. The first-order valence-corrected chi connectivity index (χ1v) is 2.18. The summed E-state index contributed by atoms with van der Waals surface area (Å²) in [5.41, 5.74) is 0. The van der Waals surface area contributed by atoms with Gasteiger partial charge < -0.3 is 5.32 Å². The second-order valence-electron chi connectivity index (χ2n) is 1.04. The highest BCUT2D eigenvalue weighted by atomic mass is 19.1. The Morgan fingerprint density at radius 1 is 1.67 bits per heavy atom. The van der Waals surface area contributed by atoms with E-state index >= 15 is 0 Å². The predicted octanol–water partition coefficient (Wildman–Crippen LogP) is 0.565. The summed E-state index contributed by atoms with van der Waals surface area (Å²) in [6.07, 6.45) is 0. The Morgan fingerprint density at radius 2 is 2.33 bits per heavy atom. The smallest absolute Gasteiger partial charge is 0.102 e. The standard InChI is InChI=1S/C4H10FN/c1-2-6-4-3-5/h6H,2-4H2,1H3. The van der Waals surface area contributed by atoms with Crippen molar-refractivity contribution >= 4 is 0 Å². The summed E-state index contributed by atoms with van der Waals surface area (Å²) in [4.78, 5) is 0. The number of alkyl halides is 1. The van der Waals surface area contributed by atoms with Gasteiger partial charge in [-0.15, -0.1) is 0 Å². The lowest BCUT2D eigenvalue weighted by molar-refractivity contribution is 0.472. The Morgan fingerprint density at radius 3 is 2.50 bits per heavy atom. The molecule has 0 fully saturated rings. The molecule has 0 saturated heterocycles. The third kappa shape index (κ3) is 3.89. The molecule has 0 spiro atoms. The van der Waals surface area contributed by atoms with Crippen LogP contribution in [0.3, 0.4) is 0 Å². The summed E-state index contributed by atoms with van der Waals surface area (Å²) in [6, 6.07) is 0. The van der Waals surface area contributed by atoms with Crippen molar-refractivity contribution < 1.29 is 4.39 Å². The Bertz CT molecular complexity index is 19.5.